The molecule has 1 saturated heterocycles. The fraction of sp³-hybridized carbons (Fsp3) is 0.250. The number of benzene rings is 2. The topological polar surface area (TPSA) is 68.5 Å². The van der Waals surface area contributed by atoms with E-state index in [2.05, 4.69) is 27.2 Å². The van der Waals surface area contributed by atoms with Crippen molar-refractivity contribution in [3.05, 3.63) is 58.4 Å². The number of hydrogen-bond acceptors (Lipinski definition) is 8. The van der Waals surface area contributed by atoms with Crippen LogP contribution in [0.25, 0.3) is 21.7 Å². The zero-order valence-corrected chi connectivity index (χ0v) is 16.6. The molecular formula is C20H17N3O3S2. The lowest BCUT2D eigenvalue weighted by Gasteiger charge is -2.25. The Morgan fingerprint density at radius 3 is 2.86 bits per heavy atom. The third-order valence-corrected chi connectivity index (χ3v) is 6.91. The zero-order valence-electron chi connectivity index (χ0n) is 15.0. The van der Waals surface area contributed by atoms with E-state index in [9.17, 15) is 4.79 Å². The van der Waals surface area contributed by atoms with Gasteiger partial charge in [0.05, 0.1) is 13.2 Å². The highest BCUT2D eigenvalue weighted by molar-refractivity contribution is 8.00. The molecule has 0 unspecified atom stereocenters. The van der Waals surface area contributed by atoms with E-state index >= 15 is 0 Å². The lowest BCUT2D eigenvalue weighted by molar-refractivity contribution is 0.122. The van der Waals surface area contributed by atoms with Gasteiger partial charge in [-0.1, -0.05) is 53.4 Å². The van der Waals surface area contributed by atoms with Crippen molar-refractivity contribution in [2.75, 3.05) is 31.2 Å². The maximum Gasteiger partial charge on any atom is 0.336 e. The third-order valence-electron chi connectivity index (χ3n) is 4.74. The molecule has 1 fully saturated rings. The molecule has 0 aliphatic carbocycles. The second-order valence-corrected chi connectivity index (χ2v) is 8.67. The Kier molecular flexibility index (Phi) is 4.76. The SMILES string of the molecule is O=c1cc(CSc2nnc(N3CCOCC3)s2)c2c(ccc3ccccc32)o1. The summed E-state index contributed by atoms with van der Waals surface area (Å²) in [5.74, 6) is 0.633. The molecule has 4 aromatic rings. The van der Waals surface area contributed by atoms with Crippen molar-refractivity contribution in [3.8, 4) is 0 Å². The summed E-state index contributed by atoms with van der Waals surface area (Å²) in [6.07, 6.45) is 0. The molecule has 2 aromatic heterocycles. The normalized spacial score (nSPS) is 14.8. The summed E-state index contributed by atoms with van der Waals surface area (Å²) < 4.78 is 11.7. The summed E-state index contributed by atoms with van der Waals surface area (Å²) in [6.45, 7) is 3.13. The van der Waals surface area contributed by atoms with E-state index in [0.29, 0.717) is 11.3 Å². The van der Waals surface area contributed by atoms with E-state index < -0.39 is 0 Å². The summed E-state index contributed by atoms with van der Waals surface area (Å²) in [6, 6.07) is 13.6. The number of rotatable bonds is 4. The first-order valence-corrected chi connectivity index (χ1v) is 10.8. The number of morpholine rings is 1. The van der Waals surface area contributed by atoms with Crippen LogP contribution in [-0.2, 0) is 10.5 Å². The molecule has 0 bridgehead atoms. The minimum Gasteiger partial charge on any atom is -0.423 e. The first-order chi connectivity index (χ1) is 13.8. The minimum atomic E-state index is -0.329. The molecule has 0 saturated carbocycles. The van der Waals surface area contributed by atoms with Crippen LogP contribution < -0.4 is 10.5 Å². The Morgan fingerprint density at radius 2 is 1.96 bits per heavy atom. The molecule has 0 spiro atoms. The van der Waals surface area contributed by atoms with Crippen LogP contribution in [0.2, 0.25) is 0 Å². The number of aromatic nitrogens is 2. The van der Waals surface area contributed by atoms with E-state index in [1.165, 1.54) is 0 Å². The van der Waals surface area contributed by atoms with Crippen molar-refractivity contribution in [1.29, 1.82) is 0 Å². The fourth-order valence-corrected chi connectivity index (χ4v) is 5.29. The van der Waals surface area contributed by atoms with Crippen molar-refractivity contribution in [2.24, 2.45) is 0 Å². The van der Waals surface area contributed by atoms with Crippen LogP contribution in [0.1, 0.15) is 5.56 Å². The predicted molar refractivity (Wildman–Crippen MR) is 112 cm³/mol. The highest BCUT2D eigenvalue weighted by atomic mass is 32.2. The summed E-state index contributed by atoms with van der Waals surface area (Å²) >= 11 is 3.18. The molecule has 8 heteroatoms. The molecule has 142 valence electrons. The number of nitrogens with zero attached hydrogens (tertiary/aromatic N) is 3. The number of thioether (sulfide) groups is 1. The average molecular weight is 412 g/mol. The van der Waals surface area contributed by atoms with E-state index in [1.54, 1.807) is 29.2 Å². The van der Waals surface area contributed by atoms with Crippen LogP contribution in [0.15, 0.2) is 56.0 Å². The molecule has 0 atom stereocenters. The van der Waals surface area contributed by atoms with Gasteiger partial charge in [0.1, 0.15) is 5.58 Å². The van der Waals surface area contributed by atoms with Crippen molar-refractivity contribution in [2.45, 2.75) is 10.1 Å². The molecule has 0 N–H and O–H groups in total. The van der Waals surface area contributed by atoms with Gasteiger partial charge in [-0.2, -0.15) is 0 Å². The van der Waals surface area contributed by atoms with E-state index in [0.717, 1.165) is 57.5 Å². The fourth-order valence-electron chi connectivity index (χ4n) is 3.42. The quantitative estimate of drug-likeness (QED) is 0.286. The minimum absolute atomic E-state index is 0.329. The zero-order chi connectivity index (χ0) is 18.9. The highest BCUT2D eigenvalue weighted by Gasteiger charge is 2.17. The average Bonchev–Trinajstić information content (AvgIpc) is 3.21. The Hall–Kier alpha value is -2.42. The highest BCUT2D eigenvalue weighted by Crippen LogP contribution is 2.34. The standard InChI is InChI=1S/C20H17N3O3S2/c24-17-11-14(18-15-4-2-1-3-13(15)5-6-16(18)26-17)12-27-20-22-21-19(28-20)23-7-9-25-10-8-23/h1-6,11H,7-10,12H2. The van der Waals surface area contributed by atoms with Crippen LogP contribution >= 0.6 is 23.1 Å². The maximum absolute atomic E-state index is 12.0. The van der Waals surface area contributed by atoms with Crippen molar-refractivity contribution < 1.29 is 9.15 Å². The lowest BCUT2D eigenvalue weighted by atomic mass is 10.0. The number of hydrogen-bond donors (Lipinski definition) is 0. The third kappa shape index (κ3) is 3.39. The van der Waals surface area contributed by atoms with Gasteiger partial charge in [0.2, 0.25) is 5.13 Å². The summed E-state index contributed by atoms with van der Waals surface area (Å²) in [7, 11) is 0. The summed E-state index contributed by atoms with van der Waals surface area (Å²) in [5, 5.41) is 12.8. The molecule has 28 heavy (non-hydrogen) atoms. The lowest BCUT2D eigenvalue weighted by Crippen LogP contribution is -2.36. The van der Waals surface area contributed by atoms with Gasteiger partial charge >= 0.3 is 5.63 Å². The molecule has 0 amide bonds. The van der Waals surface area contributed by atoms with E-state index in [1.807, 2.05) is 24.3 Å². The largest absolute Gasteiger partial charge is 0.423 e. The van der Waals surface area contributed by atoms with Gasteiger partial charge in [-0.15, -0.1) is 10.2 Å². The number of ether oxygens (including phenoxy) is 1. The van der Waals surface area contributed by atoms with Crippen molar-refractivity contribution in [1.82, 2.24) is 10.2 Å². The Bertz CT molecular complexity index is 1200. The second-order valence-electron chi connectivity index (χ2n) is 6.49. The molecule has 2 aromatic carbocycles. The summed E-state index contributed by atoms with van der Waals surface area (Å²) in [4.78, 5) is 14.2. The van der Waals surface area contributed by atoms with Crippen LogP contribution in [0.3, 0.4) is 0 Å². The molecular weight excluding hydrogens is 394 g/mol. The van der Waals surface area contributed by atoms with Crippen LogP contribution in [-0.4, -0.2) is 36.5 Å². The van der Waals surface area contributed by atoms with Gasteiger partial charge in [-0.05, 0) is 22.4 Å². The summed E-state index contributed by atoms with van der Waals surface area (Å²) in [5.41, 5.74) is 1.24. The Balaban J connectivity index is 1.46. The van der Waals surface area contributed by atoms with Gasteiger partial charge in [0.15, 0.2) is 4.34 Å². The van der Waals surface area contributed by atoms with Crippen molar-refractivity contribution in [3.63, 3.8) is 0 Å². The van der Waals surface area contributed by atoms with E-state index in [-0.39, 0.29) is 5.63 Å². The first-order valence-electron chi connectivity index (χ1n) is 9.01. The van der Waals surface area contributed by atoms with Gasteiger partial charge < -0.3 is 14.1 Å². The van der Waals surface area contributed by atoms with Gasteiger partial charge in [0, 0.05) is 30.3 Å². The molecule has 1 aliphatic heterocycles. The predicted octanol–water partition coefficient (Wildman–Crippen LogP) is 3.93. The first kappa shape index (κ1) is 17.7. The maximum atomic E-state index is 12.0. The smallest absolute Gasteiger partial charge is 0.336 e. The van der Waals surface area contributed by atoms with Crippen LogP contribution in [0, 0.1) is 0 Å². The van der Waals surface area contributed by atoms with Gasteiger partial charge in [0.25, 0.3) is 0 Å². The Morgan fingerprint density at radius 1 is 1.11 bits per heavy atom. The van der Waals surface area contributed by atoms with Crippen molar-refractivity contribution >= 4 is 50.0 Å². The number of fused-ring (bicyclic) bond motifs is 3. The van der Waals surface area contributed by atoms with E-state index in [4.69, 9.17) is 9.15 Å². The van der Waals surface area contributed by atoms with Gasteiger partial charge in [-0.25, -0.2) is 4.79 Å². The van der Waals surface area contributed by atoms with Crippen LogP contribution in [0.4, 0.5) is 5.13 Å². The number of anilines is 1. The molecule has 0 radical (unpaired) electrons. The molecule has 5 rings (SSSR count). The molecule has 1 aliphatic rings. The molecule has 3 heterocycles. The van der Waals surface area contributed by atoms with Gasteiger partial charge in [-0.3, -0.25) is 0 Å². The monoisotopic (exact) mass is 411 g/mol. The Labute approximate surface area is 169 Å². The molecule has 6 nitrogen and oxygen atoms in total. The second kappa shape index (κ2) is 7.54. The van der Waals surface area contributed by atoms with Crippen LogP contribution in [0.5, 0.6) is 0 Å².